The summed E-state index contributed by atoms with van der Waals surface area (Å²) in [6.07, 6.45) is 8.04. The Morgan fingerprint density at radius 1 is 1.24 bits per heavy atom. The van der Waals surface area contributed by atoms with Crippen LogP contribution in [0.15, 0.2) is 30.9 Å². The quantitative estimate of drug-likeness (QED) is 0.823. The van der Waals surface area contributed by atoms with Gasteiger partial charge in [-0.25, -0.2) is 4.98 Å². The fourth-order valence-electron chi connectivity index (χ4n) is 4.52. The van der Waals surface area contributed by atoms with Crippen LogP contribution >= 0.6 is 0 Å². The molecule has 0 bridgehead atoms. The number of H-pyrrole nitrogens is 1. The third-order valence-corrected chi connectivity index (χ3v) is 5.98. The molecule has 2 amide bonds. The number of carbonyl (C=O) groups excluding carboxylic acids is 2. The summed E-state index contributed by atoms with van der Waals surface area (Å²) in [5.41, 5.74) is 3.02. The lowest BCUT2D eigenvalue weighted by Gasteiger charge is -2.43. The molecule has 2 aliphatic rings. The lowest BCUT2D eigenvalue weighted by molar-refractivity contribution is -0.141. The molecule has 2 aliphatic heterocycles. The minimum absolute atomic E-state index is 0.00114. The summed E-state index contributed by atoms with van der Waals surface area (Å²) in [5.74, 6) is 0.412. The second-order valence-corrected chi connectivity index (χ2v) is 7.74. The van der Waals surface area contributed by atoms with Crippen LogP contribution in [0, 0.1) is 5.92 Å². The van der Waals surface area contributed by atoms with E-state index in [-0.39, 0.29) is 30.4 Å². The van der Waals surface area contributed by atoms with Crippen LogP contribution in [0.4, 0.5) is 0 Å². The first kappa shape index (κ1) is 19.6. The number of ether oxygens (including phenoxy) is 1. The molecule has 0 saturated carbocycles. The SMILES string of the molecule is COCC(=O)N1CCc2[nH]cnc2C1C1CCN(C(=O)Cc2cccnc2)CC1. The number of hydrogen-bond acceptors (Lipinski definition) is 5. The number of nitrogens with zero attached hydrogens (tertiary/aromatic N) is 4. The molecule has 0 aliphatic carbocycles. The molecule has 1 atom stereocenters. The van der Waals surface area contributed by atoms with Gasteiger partial charge in [0, 0.05) is 51.3 Å². The first-order chi connectivity index (χ1) is 14.2. The monoisotopic (exact) mass is 397 g/mol. The predicted octanol–water partition coefficient (Wildman–Crippen LogP) is 1.36. The van der Waals surface area contributed by atoms with Crippen molar-refractivity contribution in [2.75, 3.05) is 33.4 Å². The molecule has 8 heteroatoms. The summed E-state index contributed by atoms with van der Waals surface area (Å²) in [5, 5.41) is 0. The van der Waals surface area contributed by atoms with Crippen LogP contribution in [-0.2, 0) is 27.2 Å². The Morgan fingerprint density at radius 3 is 2.79 bits per heavy atom. The molecule has 1 saturated heterocycles. The molecule has 154 valence electrons. The molecule has 2 aromatic rings. The van der Waals surface area contributed by atoms with E-state index >= 15 is 0 Å². The van der Waals surface area contributed by atoms with E-state index in [9.17, 15) is 9.59 Å². The van der Waals surface area contributed by atoms with Crippen molar-refractivity contribution >= 4 is 11.8 Å². The second-order valence-electron chi connectivity index (χ2n) is 7.74. The number of pyridine rings is 1. The second kappa shape index (κ2) is 8.73. The molecule has 4 rings (SSSR count). The molecule has 0 aromatic carbocycles. The number of amides is 2. The maximum Gasteiger partial charge on any atom is 0.249 e. The van der Waals surface area contributed by atoms with E-state index in [1.54, 1.807) is 25.8 Å². The third kappa shape index (κ3) is 4.17. The van der Waals surface area contributed by atoms with Crippen molar-refractivity contribution in [3.8, 4) is 0 Å². The Balaban J connectivity index is 1.43. The van der Waals surface area contributed by atoms with Crippen molar-refractivity contribution in [3.05, 3.63) is 47.8 Å². The molecule has 1 fully saturated rings. The van der Waals surface area contributed by atoms with E-state index in [0.717, 1.165) is 36.2 Å². The predicted molar refractivity (Wildman–Crippen MR) is 106 cm³/mol. The Morgan fingerprint density at radius 2 is 2.07 bits per heavy atom. The van der Waals surface area contributed by atoms with E-state index in [1.165, 1.54) is 0 Å². The Kier molecular flexibility index (Phi) is 5.89. The van der Waals surface area contributed by atoms with Gasteiger partial charge in [-0.15, -0.1) is 0 Å². The van der Waals surface area contributed by atoms with E-state index in [2.05, 4.69) is 15.0 Å². The van der Waals surface area contributed by atoms with Crippen LogP contribution in [0.3, 0.4) is 0 Å². The van der Waals surface area contributed by atoms with Gasteiger partial charge in [0.1, 0.15) is 6.61 Å². The van der Waals surface area contributed by atoms with Gasteiger partial charge in [-0.1, -0.05) is 6.07 Å². The minimum Gasteiger partial charge on any atom is -0.375 e. The number of aromatic amines is 1. The summed E-state index contributed by atoms with van der Waals surface area (Å²) in [6.45, 7) is 2.15. The van der Waals surface area contributed by atoms with Gasteiger partial charge in [-0.05, 0) is 30.4 Å². The standard InChI is InChI=1S/C21H27N5O3/c1-29-13-19(28)26-10-6-17-20(24-14-23-17)21(26)16-4-8-25(9-5-16)18(27)11-15-3-2-7-22-12-15/h2-3,7,12,14,16,21H,4-6,8-11,13H2,1H3,(H,23,24). The Labute approximate surface area is 170 Å². The van der Waals surface area contributed by atoms with Gasteiger partial charge in [0.05, 0.1) is 24.5 Å². The largest absolute Gasteiger partial charge is 0.375 e. The molecule has 1 N–H and O–H groups in total. The van der Waals surface area contributed by atoms with Crippen molar-refractivity contribution in [1.29, 1.82) is 0 Å². The van der Waals surface area contributed by atoms with Crippen LogP contribution in [0.1, 0.15) is 35.8 Å². The normalized spacial score (nSPS) is 19.8. The average Bonchev–Trinajstić information content (AvgIpc) is 3.23. The fourth-order valence-corrected chi connectivity index (χ4v) is 4.52. The number of likely N-dealkylation sites (tertiary alicyclic amines) is 1. The third-order valence-electron chi connectivity index (χ3n) is 5.98. The van der Waals surface area contributed by atoms with Crippen LogP contribution in [-0.4, -0.2) is 69.9 Å². The molecule has 0 spiro atoms. The van der Waals surface area contributed by atoms with Crippen LogP contribution in [0.5, 0.6) is 0 Å². The molecule has 8 nitrogen and oxygen atoms in total. The van der Waals surface area contributed by atoms with E-state index in [0.29, 0.717) is 26.1 Å². The number of fused-ring (bicyclic) bond motifs is 1. The van der Waals surface area contributed by atoms with Gasteiger partial charge >= 0.3 is 0 Å². The first-order valence-electron chi connectivity index (χ1n) is 10.1. The zero-order valence-electron chi connectivity index (χ0n) is 16.7. The van der Waals surface area contributed by atoms with Gasteiger partial charge in [0.25, 0.3) is 0 Å². The van der Waals surface area contributed by atoms with Crippen molar-refractivity contribution < 1.29 is 14.3 Å². The molecular formula is C21H27N5O3. The molecular weight excluding hydrogens is 370 g/mol. The van der Waals surface area contributed by atoms with Gasteiger partial charge in [0.15, 0.2) is 0 Å². The van der Waals surface area contributed by atoms with Gasteiger partial charge in [-0.3, -0.25) is 14.6 Å². The summed E-state index contributed by atoms with van der Waals surface area (Å²) in [6, 6.07) is 3.73. The zero-order valence-corrected chi connectivity index (χ0v) is 16.7. The Bertz CT molecular complexity index is 845. The maximum atomic E-state index is 12.7. The smallest absolute Gasteiger partial charge is 0.249 e. The van der Waals surface area contributed by atoms with Crippen LogP contribution < -0.4 is 0 Å². The van der Waals surface area contributed by atoms with Gasteiger partial charge in [-0.2, -0.15) is 0 Å². The topological polar surface area (TPSA) is 91.4 Å². The average molecular weight is 397 g/mol. The van der Waals surface area contributed by atoms with Crippen molar-refractivity contribution in [1.82, 2.24) is 24.8 Å². The number of aromatic nitrogens is 3. The number of imidazole rings is 1. The lowest BCUT2D eigenvalue weighted by atomic mass is 9.83. The van der Waals surface area contributed by atoms with Crippen LogP contribution in [0.25, 0.3) is 0 Å². The highest BCUT2D eigenvalue weighted by Gasteiger charge is 2.39. The van der Waals surface area contributed by atoms with Gasteiger partial charge < -0.3 is 19.5 Å². The molecule has 0 radical (unpaired) electrons. The van der Waals surface area contributed by atoms with Gasteiger partial charge in [0.2, 0.25) is 11.8 Å². The number of rotatable bonds is 5. The summed E-state index contributed by atoms with van der Waals surface area (Å²) in [4.78, 5) is 41.0. The highest BCUT2D eigenvalue weighted by molar-refractivity contribution is 5.79. The summed E-state index contributed by atoms with van der Waals surface area (Å²) < 4.78 is 5.09. The summed E-state index contributed by atoms with van der Waals surface area (Å²) >= 11 is 0. The number of piperidine rings is 1. The van der Waals surface area contributed by atoms with Crippen molar-refractivity contribution in [3.63, 3.8) is 0 Å². The van der Waals surface area contributed by atoms with Crippen molar-refractivity contribution in [2.24, 2.45) is 5.92 Å². The molecule has 2 aromatic heterocycles. The fraction of sp³-hybridized carbons (Fsp3) is 0.524. The number of hydrogen-bond donors (Lipinski definition) is 1. The zero-order chi connectivity index (χ0) is 20.2. The summed E-state index contributed by atoms with van der Waals surface area (Å²) in [7, 11) is 1.54. The number of nitrogens with one attached hydrogen (secondary N) is 1. The van der Waals surface area contributed by atoms with E-state index in [4.69, 9.17) is 4.74 Å². The number of methoxy groups -OCH3 is 1. The van der Waals surface area contributed by atoms with E-state index in [1.807, 2.05) is 21.9 Å². The van der Waals surface area contributed by atoms with Crippen molar-refractivity contribution in [2.45, 2.75) is 31.7 Å². The van der Waals surface area contributed by atoms with Crippen LogP contribution in [0.2, 0.25) is 0 Å². The Hall–Kier alpha value is -2.74. The highest BCUT2D eigenvalue weighted by atomic mass is 16.5. The highest BCUT2D eigenvalue weighted by Crippen LogP contribution is 2.38. The first-order valence-corrected chi connectivity index (χ1v) is 10.1. The molecule has 1 unspecified atom stereocenters. The lowest BCUT2D eigenvalue weighted by Crippen LogP contribution is -2.48. The molecule has 4 heterocycles. The van der Waals surface area contributed by atoms with E-state index < -0.39 is 0 Å². The minimum atomic E-state index is -0.0526. The maximum absolute atomic E-state index is 12.7. The number of carbonyl (C=O) groups is 2. The molecule has 29 heavy (non-hydrogen) atoms.